The smallest absolute Gasteiger partial charge is 0.196 e. The van der Waals surface area contributed by atoms with Crippen LogP contribution in [0.2, 0.25) is 0 Å². The van der Waals surface area contributed by atoms with Crippen LogP contribution in [0.15, 0.2) is 46.4 Å². The topological polar surface area (TPSA) is 55.8 Å². The first-order valence-electron chi connectivity index (χ1n) is 6.63. The average Bonchev–Trinajstić information content (AvgIpc) is 2.51. The summed E-state index contributed by atoms with van der Waals surface area (Å²) in [5.41, 5.74) is 1.78. The van der Waals surface area contributed by atoms with Crippen molar-refractivity contribution in [2.24, 2.45) is 0 Å². The maximum Gasteiger partial charge on any atom is 0.196 e. The molecule has 1 heterocycles. The second kappa shape index (κ2) is 5.85. The summed E-state index contributed by atoms with van der Waals surface area (Å²) < 4.78 is 11.4. The second-order valence-electron chi connectivity index (χ2n) is 4.86. The summed E-state index contributed by atoms with van der Waals surface area (Å²) in [4.78, 5) is 12.5. The third-order valence-corrected chi connectivity index (χ3v) is 3.90. The first kappa shape index (κ1) is 14.7. The summed E-state index contributed by atoms with van der Waals surface area (Å²) in [7, 11) is 1.49. The zero-order valence-electron chi connectivity index (χ0n) is 11.8. The SMILES string of the molecule is COc1ccc(/C=C2\COc3ccc(Br)cc3C2=O)cc1O. The van der Waals surface area contributed by atoms with E-state index in [1.807, 2.05) is 6.07 Å². The number of halogens is 1. The van der Waals surface area contributed by atoms with Gasteiger partial charge in [-0.3, -0.25) is 4.79 Å². The Morgan fingerprint density at radius 3 is 2.82 bits per heavy atom. The van der Waals surface area contributed by atoms with E-state index in [9.17, 15) is 9.90 Å². The summed E-state index contributed by atoms with van der Waals surface area (Å²) in [6.07, 6.45) is 1.71. The van der Waals surface area contributed by atoms with Gasteiger partial charge in [-0.1, -0.05) is 22.0 Å². The molecule has 0 fully saturated rings. The summed E-state index contributed by atoms with van der Waals surface area (Å²) in [6, 6.07) is 10.3. The van der Waals surface area contributed by atoms with Gasteiger partial charge < -0.3 is 14.6 Å². The molecule has 4 nitrogen and oxygen atoms in total. The van der Waals surface area contributed by atoms with E-state index in [4.69, 9.17) is 9.47 Å². The van der Waals surface area contributed by atoms with Crippen LogP contribution >= 0.6 is 15.9 Å². The van der Waals surface area contributed by atoms with Gasteiger partial charge >= 0.3 is 0 Å². The molecule has 0 aliphatic carbocycles. The Kier molecular flexibility index (Phi) is 3.90. The molecule has 1 aliphatic heterocycles. The lowest BCUT2D eigenvalue weighted by molar-refractivity contribution is 0.100. The number of methoxy groups -OCH3 is 1. The van der Waals surface area contributed by atoms with E-state index in [2.05, 4.69) is 15.9 Å². The van der Waals surface area contributed by atoms with Crippen molar-refractivity contribution in [1.29, 1.82) is 0 Å². The Hall–Kier alpha value is -2.27. The highest BCUT2D eigenvalue weighted by molar-refractivity contribution is 9.10. The van der Waals surface area contributed by atoms with Gasteiger partial charge in [0.2, 0.25) is 0 Å². The second-order valence-corrected chi connectivity index (χ2v) is 5.77. The summed E-state index contributed by atoms with van der Waals surface area (Å²) in [5, 5.41) is 9.80. The van der Waals surface area contributed by atoms with Crippen LogP contribution in [0.25, 0.3) is 6.08 Å². The molecule has 0 spiro atoms. The third kappa shape index (κ3) is 2.72. The fourth-order valence-corrected chi connectivity index (χ4v) is 2.67. The molecule has 1 aliphatic rings. The van der Waals surface area contributed by atoms with E-state index >= 15 is 0 Å². The van der Waals surface area contributed by atoms with E-state index < -0.39 is 0 Å². The zero-order valence-corrected chi connectivity index (χ0v) is 13.4. The van der Waals surface area contributed by atoms with Crippen molar-refractivity contribution in [1.82, 2.24) is 0 Å². The number of fused-ring (bicyclic) bond motifs is 1. The Bertz CT molecular complexity index is 780. The molecular weight excluding hydrogens is 348 g/mol. The summed E-state index contributed by atoms with van der Waals surface area (Å²) in [6.45, 7) is 0.209. The average molecular weight is 361 g/mol. The largest absolute Gasteiger partial charge is 0.504 e. The van der Waals surface area contributed by atoms with E-state index in [0.717, 1.165) is 4.47 Å². The molecule has 0 saturated heterocycles. The summed E-state index contributed by atoms with van der Waals surface area (Å²) in [5.74, 6) is 0.938. The predicted octanol–water partition coefficient (Wildman–Crippen LogP) is 3.82. The standard InChI is InChI=1S/C17H13BrO4/c1-21-16-4-2-10(7-14(16)19)6-11-9-22-15-5-3-12(18)8-13(15)17(11)20/h2-8,19H,9H2,1H3/b11-6+. The van der Waals surface area contributed by atoms with Crippen LogP contribution < -0.4 is 9.47 Å². The number of phenolic OH excluding ortho intramolecular Hbond substituents is 1. The van der Waals surface area contributed by atoms with Crippen molar-refractivity contribution in [3.63, 3.8) is 0 Å². The summed E-state index contributed by atoms with van der Waals surface area (Å²) >= 11 is 3.36. The first-order valence-corrected chi connectivity index (χ1v) is 7.42. The van der Waals surface area contributed by atoms with E-state index in [-0.39, 0.29) is 18.1 Å². The quantitative estimate of drug-likeness (QED) is 0.827. The number of carbonyl (C=O) groups is 1. The molecule has 1 N–H and O–H groups in total. The van der Waals surface area contributed by atoms with Crippen LogP contribution in [0.3, 0.4) is 0 Å². The number of hydrogen-bond donors (Lipinski definition) is 1. The lowest BCUT2D eigenvalue weighted by Gasteiger charge is -2.19. The number of ether oxygens (including phenoxy) is 2. The van der Waals surface area contributed by atoms with Crippen molar-refractivity contribution in [3.8, 4) is 17.2 Å². The fourth-order valence-electron chi connectivity index (χ4n) is 2.30. The molecule has 3 rings (SSSR count). The molecule has 2 aromatic carbocycles. The van der Waals surface area contributed by atoms with Crippen LogP contribution in [-0.2, 0) is 0 Å². The fraction of sp³-hybridized carbons (Fsp3) is 0.118. The van der Waals surface area contributed by atoms with Crippen molar-refractivity contribution in [2.75, 3.05) is 13.7 Å². The lowest BCUT2D eigenvalue weighted by Crippen LogP contribution is -2.18. The number of phenols is 1. The molecule has 2 aromatic rings. The minimum absolute atomic E-state index is 0.0316. The van der Waals surface area contributed by atoms with E-state index in [1.54, 1.807) is 36.4 Å². The Balaban J connectivity index is 1.96. The highest BCUT2D eigenvalue weighted by Gasteiger charge is 2.23. The third-order valence-electron chi connectivity index (χ3n) is 3.40. The highest BCUT2D eigenvalue weighted by Crippen LogP contribution is 2.32. The van der Waals surface area contributed by atoms with Gasteiger partial charge in [0.05, 0.1) is 12.7 Å². The molecule has 0 atom stereocenters. The number of carbonyl (C=O) groups excluding carboxylic acids is 1. The van der Waals surface area contributed by atoms with Gasteiger partial charge in [0, 0.05) is 10.0 Å². The minimum Gasteiger partial charge on any atom is -0.504 e. The lowest BCUT2D eigenvalue weighted by atomic mass is 9.98. The molecule has 0 bridgehead atoms. The van der Waals surface area contributed by atoms with Crippen LogP contribution in [0.1, 0.15) is 15.9 Å². The van der Waals surface area contributed by atoms with Gasteiger partial charge in [-0.05, 0) is 42.0 Å². The molecule has 0 amide bonds. The monoisotopic (exact) mass is 360 g/mol. The van der Waals surface area contributed by atoms with Crippen molar-refractivity contribution >= 4 is 27.8 Å². The number of rotatable bonds is 2. The molecule has 22 heavy (non-hydrogen) atoms. The van der Waals surface area contributed by atoms with Crippen LogP contribution in [0.4, 0.5) is 0 Å². The van der Waals surface area contributed by atoms with E-state index in [1.165, 1.54) is 7.11 Å². The Morgan fingerprint density at radius 1 is 1.27 bits per heavy atom. The normalized spacial score (nSPS) is 15.4. The van der Waals surface area contributed by atoms with Gasteiger partial charge in [-0.15, -0.1) is 0 Å². The zero-order chi connectivity index (χ0) is 15.7. The molecule has 0 aromatic heterocycles. The van der Waals surface area contributed by atoms with Gasteiger partial charge in [0.1, 0.15) is 12.4 Å². The maximum absolute atomic E-state index is 12.5. The van der Waals surface area contributed by atoms with Gasteiger partial charge in [-0.25, -0.2) is 0 Å². The van der Waals surface area contributed by atoms with Crippen molar-refractivity contribution in [2.45, 2.75) is 0 Å². The van der Waals surface area contributed by atoms with Crippen LogP contribution in [-0.4, -0.2) is 24.6 Å². The van der Waals surface area contributed by atoms with Gasteiger partial charge in [0.15, 0.2) is 17.3 Å². The number of hydrogen-bond acceptors (Lipinski definition) is 4. The van der Waals surface area contributed by atoms with E-state index in [0.29, 0.717) is 28.2 Å². The molecule has 0 radical (unpaired) electrons. The number of benzene rings is 2. The Labute approximate surface area is 136 Å². The molecule has 112 valence electrons. The highest BCUT2D eigenvalue weighted by atomic mass is 79.9. The van der Waals surface area contributed by atoms with Gasteiger partial charge in [0.25, 0.3) is 0 Å². The van der Waals surface area contributed by atoms with Gasteiger partial charge in [-0.2, -0.15) is 0 Å². The number of ketones is 1. The maximum atomic E-state index is 12.5. The molecular formula is C17H13BrO4. The number of Topliss-reactive ketones (excluding diaryl/α,β-unsaturated/α-hetero) is 1. The molecule has 0 saturated carbocycles. The van der Waals surface area contributed by atoms with Crippen LogP contribution in [0, 0.1) is 0 Å². The minimum atomic E-state index is -0.0714. The number of aromatic hydroxyl groups is 1. The van der Waals surface area contributed by atoms with Crippen molar-refractivity contribution in [3.05, 3.63) is 57.6 Å². The van der Waals surface area contributed by atoms with Crippen LogP contribution in [0.5, 0.6) is 17.2 Å². The van der Waals surface area contributed by atoms with Crippen molar-refractivity contribution < 1.29 is 19.4 Å². The predicted molar refractivity (Wildman–Crippen MR) is 86.6 cm³/mol. The molecule has 0 unspecified atom stereocenters. The Morgan fingerprint density at radius 2 is 2.09 bits per heavy atom. The molecule has 5 heteroatoms. The first-order chi connectivity index (χ1) is 10.6.